The summed E-state index contributed by atoms with van der Waals surface area (Å²) < 4.78 is 0. The summed E-state index contributed by atoms with van der Waals surface area (Å²) in [4.78, 5) is 28.0. The van der Waals surface area contributed by atoms with E-state index in [2.05, 4.69) is 4.98 Å². The number of hydrogen-bond acceptors (Lipinski definition) is 4. The molecule has 0 aliphatic heterocycles. The van der Waals surface area contributed by atoms with Crippen molar-refractivity contribution in [1.29, 1.82) is 0 Å². The predicted molar refractivity (Wildman–Crippen MR) is 89.7 cm³/mol. The van der Waals surface area contributed by atoms with Crippen molar-refractivity contribution in [2.75, 3.05) is 11.4 Å². The molecule has 1 aromatic heterocycles. The number of anilines is 1. The van der Waals surface area contributed by atoms with E-state index in [4.69, 9.17) is 34.8 Å². The number of amides is 1. The Balaban J connectivity index is 2.46. The maximum atomic E-state index is 12.7. The third kappa shape index (κ3) is 3.55. The first-order valence-electron chi connectivity index (χ1n) is 6.43. The van der Waals surface area contributed by atoms with Gasteiger partial charge in [-0.2, -0.15) is 0 Å². The highest BCUT2D eigenvalue weighted by atomic mass is 35.5. The zero-order valence-electron chi connectivity index (χ0n) is 11.8. The largest absolute Gasteiger partial charge is 0.306 e. The number of rotatable bonds is 4. The lowest BCUT2D eigenvalue weighted by molar-refractivity contribution is -0.385. The second kappa shape index (κ2) is 7.12. The normalized spacial score (nSPS) is 10.4. The molecule has 0 fully saturated rings. The number of nitrogens with zero attached hydrogens (tertiary/aromatic N) is 3. The topological polar surface area (TPSA) is 76.3 Å². The Morgan fingerprint density at radius 1 is 1.22 bits per heavy atom. The van der Waals surface area contributed by atoms with Crippen LogP contribution in [0.25, 0.3) is 0 Å². The molecule has 0 saturated carbocycles. The molecule has 0 aliphatic rings. The second-order valence-corrected chi connectivity index (χ2v) is 5.55. The number of halogens is 3. The maximum Gasteiger partial charge on any atom is 0.306 e. The average Bonchev–Trinajstić information content (AvgIpc) is 2.47. The quantitative estimate of drug-likeness (QED) is 0.444. The van der Waals surface area contributed by atoms with Gasteiger partial charge in [-0.15, -0.1) is 0 Å². The van der Waals surface area contributed by atoms with E-state index in [-0.39, 0.29) is 38.8 Å². The van der Waals surface area contributed by atoms with E-state index in [1.165, 1.54) is 17.0 Å². The molecule has 23 heavy (non-hydrogen) atoms. The van der Waals surface area contributed by atoms with E-state index in [0.29, 0.717) is 0 Å². The van der Waals surface area contributed by atoms with Crippen LogP contribution < -0.4 is 4.90 Å². The molecule has 0 bridgehead atoms. The lowest BCUT2D eigenvalue weighted by Gasteiger charge is -2.21. The summed E-state index contributed by atoms with van der Waals surface area (Å²) in [5, 5.41) is 10.9. The molecule has 1 aromatic carbocycles. The van der Waals surface area contributed by atoms with Crippen LogP contribution in [0.15, 0.2) is 30.3 Å². The van der Waals surface area contributed by atoms with Gasteiger partial charge >= 0.3 is 5.69 Å². The highest BCUT2D eigenvalue weighted by Crippen LogP contribution is 2.29. The first-order valence-corrected chi connectivity index (χ1v) is 7.57. The Labute approximate surface area is 146 Å². The Kier molecular flexibility index (Phi) is 5.41. The van der Waals surface area contributed by atoms with Gasteiger partial charge < -0.3 is 0 Å². The molecule has 0 spiro atoms. The molecule has 2 rings (SSSR count). The van der Waals surface area contributed by atoms with E-state index in [0.717, 1.165) is 0 Å². The SMILES string of the molecule is CCN(C(=O)c1c(Cl)cccc1Cl)c1ccc([N+](=O)[O-])c(Cl)n1. The van der Waals surface area contributed by atoms with Crippen LogP contribution in [0.4, 0.5) is 11.5 Å². The number of carbonyl (C=O) groups is 1. The molecule has 9 heteroatoms. The fourth-order valence-corrected chi connectivity index (χ4v) is 2.73. The number of aromatic nitrogens is 1. The van der Waals surface area contributed by atoms with Crippen molar-refractivity contribution in [3.05, 3.63) is 61.2 Å². The van der Waals surface area contributed by atoms with Gasteiger partial charge in [0, 0.05) is 12.6 Å². The van der Waals surface area contributed by atoms with Gasteiger partial charge in [-0.1, -0.05) is 40.9 Å². The molecule has 0 atom stereocenters. The summed E-state index contributed by atoms with van der Waals surface area (Å²) in [5.41, 5.74) is -0.205. The number of nitro groups is 1. The monoisotopic (exact) mass is 373 g/mol. The number of carbonyl (C=O) groups excluding carboxylic acids is 1. The van der Waals surface area contributed by atoms with E-state index in [1.807, 2.05) is 0 Å². The average molecular weight is 375 g/mol. The summed E-state index contributed by atoms with van der Waals surface area (Å²) in [5.74, 6) is -0.301. The van der Waals surface area contributed by atoms with Gasteiger partial charge in [0.15, 0.2) is 0 Å². The summed E-state index contributed by atoms with van der Waals surface area (Å²) >= 11 is 17.9. The number of benzene rings is 1. The Morgan fingerprint density at radius 2 is 1.83 bits per heavy atom. The standard InChI is InChI=1S/C14H10Cl3N3O3/c1-2-19(11-7-6-10(20(22)23)13(17)18-11)14(21)12-8(15)4-3-5-9(12)16/h3-7H,2H2,1H3. The van der Waals surface area contributed by atoms with Crippen molar-refractivity contribution in [3.8, 4) is 0 Å². The molecular formula is C14H10Cl3N3O3. The van der Waals surface area contributed by atoms with Gasteiger partial charge in [0.1, 0.15) is 5.82 Å². The van der Waals surface area contributed by atoms with Crippen molar-refractivity contribution in [2.24, 2.45) is 0 Å². The first kappa shape index (κ1) is 17.5. The van der Waals surface area contributed by atoms with Crippen LogP contribution >= 0.6 is 34.8 Å². The highest BCUT2D eigenvalue weighted by Gasteiger charge is 2.24. The molecule has 1 heterocycles. The fourth-order valence-electron chi connectivity index (χ4n) is 1.95. The van der Waals surface area contributed by atoms with Crippen molar-refractivity contribution >= 4 is 52.2 Å². The molecule has 6 nitrogen and oxygen atoms in total. The molecule has 120 valence electrons. The van der Waals surface area contributed by atoms with Crippen LogP contribution in [0.3, 0.4) is 0 Å². The van der Waals surface area contributed by atoms with E-state index in [1.54, 1.807) is 25.1 Å². The lowest BCUT2D eigenvalue weighted by Crippen LogP contribution is -2.32. The molecule has 1 amide bonds. The molecule has 2 aromatic rings. The van der Waals surface area contributed by atoms with Crippen LogP contribution in [0, 0.1) is 10.1 Å². The lowest BCUT2D eigenvalue weighted by atomic mass is 10.2. The Bertz CT molecular complexity index is 763. The molecule has 0 saturated heterocycles. The van der Waals surface area contributed by atoms with Gasteiger partial charge in [0.2, 0.25) is 5.15 Å². The summed E-state index contributed by atoms with van der Waals surface area (Å²) in [6.45, 7) is 1.97. The molecule has 0 aliphatic carbocycles. The van der Waals surface area contributed by atoms with Gasteiger partial charge in [-0.05, 0) is 25.1 Å². The molecular weight excluding hydrogens is 365 g/mol. The summed E-state index contributed by atoms with van der Waals surface area (Å²) in [6, 6.07) is 7.25. The maximum absolute atomic E-state index is 12.7. The highest BCUT2D eigenvalue weighted by molar-refractivity contribution is 6.40. The van der Waals surface area contributed by atoms with Crippen LogP contribution in [0.5, 0.6) is 0 Å². The van der Waals surface area contributed by atoms with Crippen LogP contribution in [-0.2, 0) is 0 Å². The van der Waals surface area contributed by atoms with Crippen molar-refractivity contribution in [3.63, 3.8) is 0 Å². The van der Waals surface area contributed by atoms with Gasteiger partial charge in [0.25, 0.3) is 5.91 Å². The van der Waals surface area contributed by atoms with Crippen molar-refractivity contribution in [1.82, 2.24) is 4.98 Å². The minimum atomic E-state index is -0.651. The minimum absolute atomic E-state index is 0.133. The first-order chi connectivity index (χ1) is 10.9. The Morgan fingerprint density at radius 3 is 2.30 bits per heavy atom. The van der Waals surface area contributed by atoms with E-state index >= 15 is 0 Å². The van der Waals surface area contributed by atoms with Crippen molar-refractivity contribution in [2.45, 2.75) is 6.92 Å². The number of hydrogen-bond donors (Lipinski definition) is 0. The minimum Gasteiger partial charge on any atom is -0.293 e. The second-order valence-electron chi connectivity index (χ2n) is 4.38. The third-order valence-corrected chi connectivity index (χ3v) is 3.93. The van der Waals surface area contributed by atoms with Crippen LogP contribution in [-0.4, -0.2) is 22.4 Å². The van der Waals surface area contributed by atoms with Gasteiger partial charge in [-0.25, -0.2) is 4.98 Å². The number of pyridine rings is 1. The molecule has 0 radical (unpaired) electrons. The van der Waals surface area contributed by atoms with E-state index in [9.17, 15) is 14.9 Å². The van der Waals surface area contributed by atoms with E-state index < -0.39 is 10.8 Å². The molecule has 0 unspecified atom stereocenters. The van der Waals surface area contributed by atoms with Gasteiger partial charge in [-0.3, -0.25) is 19.8 Å². The van der Waals surface area contributed by atoms with Crippen LogP contribution in [0.1, 0.15) is 17.3 Å². The summed E-state index contributed by atoms with van der Waals surface area (Å²) in [7, 11) is 0. The zero-order valence-corrected chi connectivity index (χ0v) is 14.1. The van der Waals surface area contributed by atoms with Crippen LogP contribution in [0.2, 0.25) is 15.2 Å². The zero-order chi connectivity index (χ0) is 17.1. The Hall–Kier alpha value is -1.89. The van der Waals surface area contributed by atoms with Gasteiger partial charge in [0.05, 0.1) is 20.5 Å². The van der Waals surface area contributed by atoms with Crippen molar-refractivity contribution < 1.29 is 9.72 Å². The summed E-state index contributed by atoms with van der Waals surface area (Å²) in [6.07, 6.45) is 0. The third-order valence-electron chi connectivity index (χ3n) is 3.03. The fraction of sp³-hybridized carbons (Fsp3) is 0.143. The smallest absolute Gasteiger partial charge is 0.293 e. The molecule has 0 N–H and O–H groups in total. The predicted octanol–water partition coefficient (Wildman–Crippen LogP) is 4.62.